The molecule has 4 heteroatoms. The molecule has 0 spiro atoms. The molecule has 0 aromatic rings. The second-order valence-corrected chi connectivity index (χ2v) is 7.68. The van der Waals surface area contributed by atoms with Gasteiger partial charge in [-0.05, 0) is 43.6 Å². The van der Waals surface area contributed by atoms with Gasteiger partial charge in [0.25, 0.3) is 0 Å². The third kappa shape index (κ3) is 2.87. The van der Waals surface area contributed by atoms with Crippen molar-refractivity contribution in [2.24, 2.45) is 11.3 Å². The molecule has 2 heterocycles. The summed E-state index contributed by atoms with van der Waals surface area (Å²) >= 11 is 0. The highest BCUT2D eigenvalue weighted by atomic mass is 16.2. The quantitative estimate of drug-likeness (QED) is 0.850. The van der Waals surface area contributed by atoms with E-state index >= 15 is 0 Å². The molecular formula is C17H29N3O. The Hall–Kier alpha value is -0.900. The Balaban J connectivity index is 1.70. The normalized spacial score (nSPS) is 36.5. The number of likely N-dealkylation sites (tertiary alicyclic amines) is 2. The summed E-state index contributed by atoms with van der Waals surface area (Å²) in [6.07, 6.45) is 9.36. The van der Waals surface area contributed by atoms with E-state index in [-0.39, 0.29) is 11.3 Å². The van der Waals surface area contributed by atoms with Gasteiger partial charge in [0.1, 0.15) is 5.84 Å². The topological polar surface area (TPSA) is 47.4 Å². The minimum absolute atomic E-state index is 0.00203. The van der Waals surface area contributed by atoms with E-state index in [9.17, 15) is 4.79 Å². The van der Waals surface area contributed by atoms with Crippen molar-refractivity contribution in [2.75, 3.05) is 20.1 Å². The standard InChI is InChI=1S/C17H29N3O/c1-17(10-15(18)19(2)16(21)11-17)13-6-5-9-20(12-13)14-7-3-4-8-14/h13-14,18H,3-12H2,1-2H3/t13?,17-/m0/s1. The number of hydrogen-bond acceptors (Lipinski definition) is 3. The van der Waals surface area contributed by atoms with Crippen molar-refractivity contribution in [1.29, 1.82) is 5.41 Å². The molecule has 0 aromatic heterocycles. The molecule has 1 saturated carbocycles. The molecule has 118 valence electrons. The Bertz CT molecular complexity index is 410. The summed E-state index contributed by atoms with van der Waals surface area (Å²) in [4.78, 5) is 16.4. The summed E-state index contributed by atoms with van der Waals surface area (Å²) in [5.74, 6) is 1.21. The van der Waals surface area contributed by atoms with E-state index in [0.29, 0.717) is 18.2 Å². The summed E-state index contributed by atoms with van der Waals surface area (Å²) in [5.41, 5.74) is -0.00203. The second-order valence-electron chi connectivity index (χ2n) is 7.68. The van der Waals surface area contributed by atoms with Crippen molar-refractivity contribution in [3.8, 4) is 0 Å². The van der Waals surface area contributed by atoms with E-state index in [1.165, 1.54) is 45.1 Å². The highest BCUT2D eigenvalue weighted by molar-refractivity contribution is 5.99. The molecule has 4 nitrogen and oxygen atoms in total. The molecule has 3 rings (SSSR count). The molecule has 0 radical (unpaired) electrons. The van der Waals surface area contributed by atoms with Crippen LogP contribution >= 0.6 is 0 Å². The van der Waals surface area contributed by atoms with Gasteiger partial charge < -0.3 is 9.80 Å². The number of nitrogens with zero attached hydrogens (tertiary/aromatic N) is 2. The lowest BCUT2D eigenvalue weighted by Crippen LogP contribution is -2.52. The van der Waals surface area contributed by atoms with E-state index in [1.54, 1.807) is 11.9 Å². The first-order valence-electron chi connectivity index (χ1n) is 8.58. The fraction of sp³-hybridized carbons (Fsp3) is 0.882. The van der Waals surface area contributed by atoms with Crippen molar-refractivity contribution in [2.45, 2.75) is 64.3 Å². The molecule has 1 N–H and O–H groups in total. The maximum atomic E-state index is 12.2. The summed E-state index contributed by atoms with van der Waals surface area (Å²) in [6.45, 7) is 4.63. The lowest BCUT2D eigenvalue weighted by molar-refractivity contribution is -0.132. The summed E-state index contributed by atoms with van der Waals surface area (Å²) in [5, 5.41) is 8.11. The Labute approximate surface area is 128 Å². The van der Waals surface area contributed by atoms with E-state index in [4.69, 9.17) is 5.41 Å². The van der Waals surface area contributed by atoms with E-state index in [2.05, 4.69) is 11.8 Å². The molecule has 3 aliphatic rings. The van der Waals surface area contributed by atoms with E-state index in [0.717, 1.165) is 19.0 Å². The number of piperidine rings is 2. The first kappa shape index (κ1) is 15.0. The van der Waals surface area contributed by atoms with Gasteiger partial charge in [0, 0.05) is 32.5 Å². The number of nitrogens with one attached hydrogen (secondary N) is 1. The molecule has 2 atom stereocenters. The van der Waals surface area contributed by atoms with Gasteiger partial charge in [-0.1, -0.05) is 19.8 Å². The van der Waals surface area contributed by atoms with Crippen LogP contribution in [0.25, 0.3) is 0 Å². The van der Waals surface area contributed by atoms with Gasteiger partial charge in [-0.2, -0.15) is 0 Å². The van der Waals surface area contributed by atoms with Gasteiger partial charge >= 0.3 is 0 Å². The maximum absolute atomic E-state index is 12.2. The fourth-order valence-electron chi connectivity index (χ4n) is 4.64. The average Bonchev–Trinajstić information content (AvgIpc) is 2.99. The highest BCUT2D eigenvalue weighted by Crippen LogP contribution is 2.44. The van der Waals surface area contributed by atoms with Gasteiger partial charge in [-0.15, -0.1) is 0 Å². The summed E-state index contributed by atoms with van der Waals surface area (Å²) in [7, 11) is 1.75. The van der Waals surface area contributed by atoms with Crippen molar-refractivity contribution >= 4 is 11.7 Å². The molecule has 2 saturated heterocycles. The van der Waals surface area contributed by atoms with Crippen molar-refractivity contribution in [3.05, 3.63) is 0 Å². The molecule has 2 aliphatic heterocycles. The number of hydrogen-bond donors (Lipinski definition) is 1. The molecule has 1 aliphatic carbocycles. The predicted molar refractivity (Wildman–Crippen MR) is 84.4 cm³/mol. The van der Waals surface area contributed by atoms with Crippen LogP contribution in [0.5, 0.6) is 0 Å². The minimum Gasteiger partial charge on any atom is -0.304 e. The van der Waals surface area contributed by atoms with Gasteiger partial charge in [0.05, 0.1) is 0 Å². The SMILES string of the molecule is CN1C(=N)C[C@](C)(C2CCCN(C3CCCC3)C2)CC1=O. The molecular weight excluding hydrogens is 262 g/mol. The summed E-state index contributed by atoms with van der Waals surface area (Å²) in [6, 6.07) is 0.790. The van der Waals surface area contributed by atoms with Gasteiger partial charge in [-0.25, -0.2) is 0 Å². The van der Waals surface area contributed by atoms with Gasteiger partial charge in [0.2, 0.25) is 5.91 Å². The fourth-order valence-corrected chi connectivity index (χ4v) is 4.64. The number of carbonyl (C=O) groups is 1. The molecule has 1 amide bonds. The van der Waals surface area contributed by atoms with Crippen LogP contribution in [0.4, 0.5) is 0 Å². The van der Waals surface area contributed by atoms with Crippen LogP contribution in [0.15, 0.2) is 0 Å². The zero-order chi connectivity index (χ0) is 15.0. The Morgan fingerprint density at radius 2 is 1.86 bits per heavy atom. The van der Waals surface area contributed by atoms with E-state index in [1.807, 2.05) is 0 Å². The lowest BCUT2D eigenvalue weighted by Gasteiger charge is -2.48. The molecule has 3 fully saturated rings. The lowest BCUT2D eigenvalue weighted by atomic mass is 9.66. The third-order valence-electron chi connectivity index (χ3n) is 6.18. The number of amides is 1. The van der Waals surface area contributed by atoms with Crippen molar-refractivity contribution in [3.63, 3.8) is 0 Å². The van der Waals surface area contributed by atoms with Crippen LogP contribution < -0.4 is 0 Å². The highest BCUT2D eigenvalue weighted by Gasteiger charge is 2.44. The van der Waals surface area contributed by atoms with Crippen molar-refractivity contribution in [1.82, 2.24) is 9.80 Å². The Kier molecular flexibility index (Phi) is 4.08. The molecule has 1 unspecified atom stereocenters. The van der Waals surface area contributed by atoms with Crippen LogP contribution in [-0.2, 0) is 4.79 Å². The average molecular weight is 291 g/mol. The third-order valence-corrected chi connectivity index (χ3v) is 6.18. The Morgan fingerprint density at radius 1 is 1.14 bits per heavy atom. The molecule has 21 heavy (non-hydrogen) atoms. The largest absolute Gasteiger partial charge is 0.304 e. The van der Waals surface area contributed by atoms with Gasteiger partial charge in [0.15, 0.2) is 0 Å². The zero-order valence-corrected chi connectivity index (χ0v) is 13.5. The monoisotopic (exact) mass is 291 g/mol. The zero-order valence-electron chi connectivity index (χ0n) is 13.5. The summed E-state index contributed by atoms with van der Waals surface area (Å²) < 4.78 is 0. The van der Waals surface area contributed by atoms with Crippen LogP contribution in [0, 0.1) is 16.7 Å². The van der Waals surface area contributed by atoms with Crippen LogP contribution in [-0.4, -0.2) is 47.7 Å². The molecule has 0 bridgehead atoms. The number of amidine groups is 1. The first-order valence-corrected chi connectivity index (χ1v) is 8.58. The van der Waals surface area contributed by atoms with Crippen LogP contribution in [0.1, 0.15) is 58.3 Å². The first-order chi connectivity index (χ1) is 9.99. The second kappa shape index (κ2) is 5.71. The number of rotatable bonds is 2. The predicted octanol–water partition coefficient (Wildman–Crippen LogP) is 2.88. The van der Waals surface area contributed by atoms with Crippen LogP contribution in [0.3, 0.4) is 0 Å². The Morgan fingerprint density at radius 3 is 2.52 bits per heavy atom. The van der Waals surface area contributed by atoms with Gasteiger partial charge in [-0.3, -0.25) is 10.2 Å². The van der Waals surface area contributed by atoms with Crippen LogP contribution in [0.2, 0.25) is 0 Å². The minimum atomic E-state index is -0.00203. The maximum Gasteiger partial charge on any atom is 0.228 e. The van der Waals surface area contributed by atoms with E-state index < -0.39 is 0 Å². The smallest absolute Gasteiger partial charge is 0.228 e. The van der Waals surface area contributed by atoms with Crippen molar-refractivity contribution < 1.29 is 4.79 Å². The number of carbonyl (C=O) groups excluding carboxylic acids is 1. The molecule has 0 aromatic carbocycles.